The molecule has 1 rings (SSSR count). The van der Waals surface area contributed by atoms with E-state index in [1.54, 1.807) is 13.8 Å². The first-order chi connectivity index (χ1) is 7.39. The van der Waals surface area contributed by atoms with E-state index in [4.69, 9.17) is 5.11 Å². The number of carboxylic acid groups (broad SMARTS) is 1. The van der Waals surface area contributed by atoms with Crippen LogP contribution in [0.2, 0.25) is 0 Å². The van der Waals surface area contributed by atoms with Gasteiger partial charge in [-0.2, -0.15) is 0 Å². The molecule has 0 radical (unpaired) electrons. The second-order valence-corrected chi connectivity index (χ2v) is 5.96. The first-order valence-corrected chi connectivity index (χ1v) is 6.51. The Labute approximate surface area is 94.8 Å². The van der Waals surface area contributed by atoms with Gasteiger partial charge in [-0.3, -0.25) is 0 Å². The molecule has 1 N–H and O–H groups in total. The van der Waals surface area contributed by atoms with E-state index < -0.39 is 21.1 Å². The van der Waals surface area contributed by atoms with Gasteiger partial charge in [-0.15, -0.1) is 0 Å². The second kappa shape index (κ2) is 4.65. The van der Waals surface area contributed by atoms with E-state index in [-0.39, 0.29) is 10.5 Å². The molecule has 0 fully saturated rings. The van der Waals surface area contributed by atoms with E-state index in [1.807, 2.05) is 0 Å². The van der Waals surface area contributed by atoms with Crippen molar-refractivity contribution in [2.75, 3.05) is 0 Å². The third-order valence-electron chi connectivity index (χ3n) is 2.51. The number of hydrogen-bond donors (Lipinski definition) is 1. The molecule has 0 saturated heterocycles. The molecule has 88 valence electrons. The molecule has 4 nitrogen and oxygen atoms in total. The lowest BCUT2D eigenvalue weighted by molar-refractivity contribution is 0.0696. The Morgan fingerprint density at radius 3 is 2.56 bits per heavy atom. The van der Waals surface area contributed by atoms with Crippen molar-refractivity contribution in [3.05, 3.63) is 29.8 Å². The van der Waals surface area contributed by atoms with Crippen LogP contribution in [0.3, 0.4) is 0 Å². The van der Waals surface area contributed by atoms with Gasteiger partial charge in [0.2, 0.25) is 0 Å². The van der Waals surface area contributed by atoms with E-state index in [0.29, 0.717) is 6.42 Å². The highest BCUT2D eigenvalue weighted by Gasteiger charge is 2.22. The van der Waals surface area contributed by atoms with Crippen LogP contribution in [-0.4, -0.2) is 24.7 Å². The topological polar surface area (TPSA) is 71.4 Å². The second-order valence-electron chi connectivity index (χ2n) is 3.60. The normalized spacial score (nSPS) is 13.4. The number of sulfone groups is 1. The minimum Gasteiger partial charge on any atom is -0.478 e. The Balaban J connectivity index is 3.24. The van der Waals surface area contributed by atoms with Crippen LogP contribution in [0, 0.1) is 0 Å². The molecule has 1 atom stereocenters. The van der Waals surface area contributed by atoms with Crippen LogP contribution in [0.15, 0.2) is 29.2 Å². The van der Waals surface area contributed by atoms with E-state index in [0.717, 1.165) is 0 Å². The van der Waals surface area contributed by atoms with Crippen molar-refractivity contribution in [1.82, 2.24) is 0 Å². The van der Waals surface area contributed by atoms with Crippen LogP contribution in [0.25, 0.3) is 0 Å². The summed E-state index contributed by atoms with van der Waals surface area (Å²) in [5.41, 5.74) is -0.00984. The smallest absolute Gasteiger partial charge is 0.335 e. The lowest BCUT2D eigenvalue weighted by atomic mass is 10.2. The quantitative estimate of drug-likeness (QED) is 0.876. The van der Waals surface area contributed by atoms with Crippen LogP contribution >= 0.6 is 0 Å². The van der Waals surface area contributed by atoms with E-state index in [1.165, 1.54) is 24.3 Å². The molecule has 0 bridgehead atoms. The Morgan fingerprint density at radius 2 is 2.06 bits per heavy atom. The van der Waals surface area contributed by atoms with Crippen LogP contribution in [0.5, 0.6) is 0 Å². The molecule has 0 heterocycles. The van der Waals surface area contributed by atoms with Crippen molar-refractivity contribution in [2.45, 2.75) is 30.4 Å². The number of benzene rings is 1. The molecule has 0 spiro atoms. The molecular weight excluding hydrogens is 228 g/mol. The number of carboxylic acids is 1. The van der Waals surface area contributed by atoms with Crippen LogP contribution in [0.1, 0.15) is 30.6 Å². The zero-order chi connectivity index (χ0) is 12.3. The van der Waals surface area contributed by atoms with Crippen molar-refractivity contribution in [3.8, 4) is 0 Å². The van der Waals surface area contributed by atoms with Crippen molar-refractivity contribution in [2.24, 2.45) is 0 Å². The predicted octanol–water partition coefficient (Wildman–Crippen LogP) is 1.96. The molecule has 1 unspecified atom stereocenters. The van der Waals surface area contributed by atoms with Gasteiger partial charge in [0.25, 0.3) is 0 Å². The van der Waals surface area contributed by atoms with Crippen molar-refractivity contribution < 1.29 is 18.3 Å². The lowest BCUT2D eigenvalue weighted by Gasteiger charge is -2.10. The zero-order valence-corrected chi connectivity index (χ0v) is 9.99. The van der Waals surface area contributed by atoms with Crippen LogP contribution in [-0.2, 0) is 9.84 Å². The zero-order valence-electron chi connectivity index (χ0n) is 9.17. The Morgan fingerprint density at radius 1 is 1.44 bits per heavy atom. The van der Waals surface area contributed by atoms with Gasteiger partial charge in [0, 0.05) is 0 Å². The molecule has 0 aliphatic rings. The molecule has 0 aliphatic heterocycles. The summed E-state index contributed by atoms with van der Waals surface area (Å²) in [7, 11) is -3.41. The summed E-state index contributed by atoms with van der Waals surface area (Å²) in [6, 6.07) is 5.44. The molecule has 1 aromatic rings. The average Bonchev–Trinajstić information content (AvgIpc) is 2.28. The van der Waals surface area contributed by atoms with Gasteiger partial charge in [0.15, 0.2) is 9.84 Å². The number of aromatic carboxylic acids is 1. The third-order valence-corrected chi connectivity index (χ3v) is 4.82. The number of rotatable bonds is 4. The Hall–Kier alpha value is -1.36. The predicted molar refractivity (Wildman–Crippen MR) is 60.3 cm³/mol. The third kappa shape index (κ3) is 2.41. The highest BCUT2D eigenvalue weighted by atomic mass is 32.2. The summed E-state index contributed by atoms with van der Waals surface area (Å²) < 4.78 is 23.9. The molecule has 16 heavy (non-hydrogen) atoms. The fraction of sp³-hybridized carbons (Fsp3) is 0.364. The van der Waals surface area contributed by atoms with Gasteiger partial charge in [0.05, 0.1) is 15.7 Å². The van der Waals surface area contributed by atoms with Gasteiger partial charge in [-0.25, -0.2) is 13.2 Å². The van der Waals surface area contributed by atoms with Gasteiger partial charge in [-0.1, -0.05) is 13.0 Å². The molecule has 5 heteroatoms. The van der Waals surface area contributed by atoms with Crippen molar-refractivity contribution in [3.63, 3.8) is 0 Å². The molecular formula is C11H14O4S. The monoisotopic (exact) mass is 242 g/mol. The van der Waals surface area contributed by atoms with E-state index >= 15 is 0 Å². The van der Waals surface area contributed by atoms with E-state index in [9.17, 15) is 13.2 Å². The fourth-order valence-electron chi connectivity index (χ4n) is 1.26. The molecule has 0 aromatic heterocycles. The summed E-state index contributed by atoms with van der Waals surface area (Å²) in [6.07, 6.45) is 0.500. The summed E-state index contributed by atoms with van der Waals surface area (Å²) >= 11 is 0. The maximum absolute atomic E-state index is 11.9. The minimum atomic E-state index is -3.41. The summed E-state index contributed by atoms with van der Waals surface area (Å²) in [5, 5.41) is 8.27. The van der Waals surface area contributed by atoms with Crippen molar-refractivity contribution in [1.29, 1.82) is 0 Å². The minimum absolute atomic E-state index is 0.00984. The van der Waals surface area contributed by atoms with Crippen LogP contribution in [0.4, 0.5) is 0 Å². The lowest BCUT2D eigenvalue weighted by Crippen LogP contribution is -2.17. The van der Waals surface area contributed by atoms with Gasteiger partial charge in [-0.05, 0) is 31.5 Å². The Kier molecular flexibility index (Phi) is 3.70. The number of hydrogen-bond acceptors (Lipinski definition) is 3. The Bertz CT molecular complexity index is 490. The first-order valence-electron chi connectivity index (χ1n) is 4.96. The summed E-state index contributed by atoms with van der Waals surface area (Å²) in [4.78, 5) is 10.8. The van der Waals surface area contributed by atoms with Crippen LogP contribution < -0.4 is 0 Å². The molecule has 0 aliphatic carbocycles. The average molecular weight is 242 g/mol. The van der Waals surface area contributed by atoms with Gasteiger partial charge in [0.1, 0.15) is 0 Å². The fourth-order valence-corrected chi connectivity index (χ4v) is 2.72. The number of carbonyl (C=O) groups is 1. The molecule has 0 saturated carbocycles. The van der Waals surface area contributed by atoms with Gasteiger partial charge < -0.3 is 5.11 Å². The summed E-state index contributed by atoms with van der Waals surface area (Å²) in [6.45, 7) is 3.39. The van der Waals surface area contributed by atoms with Gasteiger partial charge >= 0.3 is 5.97 Å². The maximum Gasteiger partial charge on any atom is 0.335 e. The highest BCUT2D eigenvalue weighted by molar-refractivity contribution is 7.92. The molecule has 0 amide bonds. The largest absolute Gasteiger partial charge is 0.478 e. The SMILES string of the molecule is CCC(C)S(=O)(=O)c1cccc(C(=O)O)c1. The highest BCUT2D eigenvalue weighted by Crippen LogP contribution is 2.19. The first kappa shape index (κ1) is 12.7. The summed E-state index contributed by atoms with van der Waals surface area (Å²) in [5.74, 6) is -1.12. The standard InChI is InChI=1S/C11H14O4S/c1-3-8(2)16(14,15)10-6-4-5-9(7-10)11(12)13/h4-8H,3H2,1-2H3,(H,12,13). The molecule has 1 aromatic carbocycles. The van der Waals surface area contributed by atoms with E-state index in [2.05, 4.69) is 0 Å². The van der Waals surface area contributed by atoms with Crippen molar-refractivity contribution >= 4 is 15.8 Å². The maximum atomic E-state index is 11.9.